The fraction of sp³-hybridized carbons (Fsp3) is 0.571. The molecule has 2 aliphatic heterocycles. The van der Waals surface area contributed by atoms with Crippen LogP contribution in [0.25, 0.3) is 0 Å². The summed E-state index contributed by atoms with van der Waals surface area (Å²) in [6.07, 6.45) is 3.94. The normalized spacial score (nSPS) is 26.4. The summed E-state index contributed by atoms with van der Waals surface area (Å²) >= 11 is 0. The van der Waals surface area contributed by atoms with Crippen LogP contribution in [0.5, 0.6) is 0 Å². The highest BCUT2D eigenvalue weighted by molar-refractivity contribution is 5.29. The number of rotatable bonds is 1. The van der Waals surface area contributed by atoms with Crippen LogP contribution in [0.3, 0.4) is 0 Å². The minimum atomic E-state index is 0.766. The second kappa shape index (κ2) is 4.56. The summed E-state index contributed by atoms with van der Waals surface area (Å²) in [6, 6.07) is 9.67. The van der Waals surface area contributed by atoms with Gasteiger partial charge in [0.15, 0.2) is 0 Å². The monoisotopic (exact) mass is 216 g/mol. The van der Waals surface area contributed by atoms with Gasteiger partial charge in [0.1, 0.15) is 0 Å². The van der Waals surface area contributed by atoms with Crippen LogP contribution < -0.4 is 5.32 Å². The molecule has 0 unspecified atom stereocenters. The van der Waals surface area contributed by atoms with Gasteiger partial charge >= 0.3 is 0 Å². The van der Waals surface area contributed by atoms with Gasteiger partial charge in [0, 0.05) is 25.7 Å². The van der Waals surface area contributed by atoms with Crippen molar-refractivity contribution in [2.24, 2.45) is 0 Å². The zero-order valence-electron chi connectivity index (χ0n) is 9.78. The largest absolute Gasteiger partial charge is 0.315 e. The number of hydrogen-bond donors (Lipinski definition) is 1. The van der Waals surface area contributed by atoms with Crippen molar-refractivity contribution in [3.8, 4) is 0 Å². The van der Waals surface area contributed by atoms with E-state index in [-0.39, 0.29) is 0 Å². The lowest BCUT2D eigenvalue weighted by atomic mass is 9.96. The summed E-state index contributed by atoms with van der Waals surface area (Å²) < 4.78 is 0. The van der Waals surface area contributed by atoms with E-state index in [1.54, 1.807) is 11.1 Å². The van der Waals surface area contributed by atoms with Gasteiger partial charge in [-0.2, -0.15) is 0 Å². The maximum atomic E-state index is 3.51. The Morgan fingerprint density at radius 1 is 1.19 bits per heavy atom. The van der Waals surface area contributed by atoms with Crippen LogP contribution in [0.4, 0.5) is 0 Å². The van der Waals surface area contributed by atoms with Gasteiger partial charge < -0.3 is 5.32 Å². The van der Waals surface area contributed by atoms with Crippen molar-refractivity contribution in [1.82, 2.24) is 10.2 Å². The molecule has 86 valence electrons. The van der Waals surface area contributed by atoms with Gasteiger partial charge in [0.05, 0.1) is 0 Å². The fourth-order valence-corrected chi connectivity index (χ4v) is 2.97. The zero-order chi connectivity index (χ0) is 10.8. The Balaban J connectivity index is 1.72. The minimum absolute atomic E-state index is 0.766. The van der Waals surface area contributed by atoms with Gasteiger partial charge in [0.2, 0.25) is 0 Å². The summed E-state index contributed by atoms with van der Waals surface area (Å²) in [4.78, 5) is 2.66. The SMILES string of the molecule is c1ccc2c(c1)CCN([C@H]1CCCNC1)C2. The number of fused-ring (bicyclic) bond motifs is 1. The Morgan fingerprint density at radius 3 is 2.88 bits per heavy atom. The van der Waals surface area contributed by atoms with Gasteiger partial charge in [-0.3, -0.25) is 4.90 Å². The average molecular weight is 216 g/mol. The van der Waals surface area contributed by atoms with Crippen molar-refractivity contribution < 1.29 is 0 Å². The van der Waals surface area contributed by atoms with Crippen LogP contribution in [0, 0.1) is 0 Å². The standard InChI is InChI=1S/C14H20N2/c1-2-5-13-11-16(9-7-12(13)4-1)14-6-3-8-15-10-14/h1-2,4-5,14-15H,3,6-11H2/t14-/m0/s1. The van der Waals surface area contributed by atoms with E-state index in [4.69, 9.17) is 0 Å². The molecule has 0 saturated carbocycles. The maximum Gasteiger partial charge on any atom is 0.0240 e. The molecule has 0 aliphatic carbocycles. The molecule has 16 heavy (non-hydrogen) atoms. The number of piperidine rings is 1. The molecule has 2 heterocycles. The molecular weight excluding hydrogens is 196 g/mol. The summed E-state index contributed by atoms with van der Waals surface area (Å²) in [5.74, 6) is 0. The molecule has 2 nitrogen and oxygen atoms in total. The molecule has 1 fully saturated rings. The highest BCUT2D eigenvalue weighted by atomic mass is 15.2. The molecule has 1 aromatic carbocycles. The lowest BCUT2D eigenvalue weighted by molar-refractivity contribution is 0.151. The molecular formula is C14H20N2. The first-order chi connectivity index (χ1) is 7.93. The second-order valence-corrected chi connectivity index (χ2v) is 4.99. The Kier molecular flexibility index (Phi) is 2.94. The fourth-order valence-electron chi connectivity index (χ4n) is 2.97. The molecule has 1 N–H and O–H groups in total. The third kappa shape index (κ3) is 2.00. The first kappa shape index (κ1) is 10.3. The zero-order valence-corrected chi connectivity index (χ0v) is 9.78. The van der Waals surface area contributed by atoms with Gasteiger partial charge in [-0.25, -0.2) is 0 Å². The topological polar surface area (TPSA) is 15.3 Å². The Hall–Kier alpha value is -0.860. The third-order valence-electron chi connectivity index (χ3n) is 3.95. The Labute approximate surface area is 97.6 Å². The predicted molar refractivity (Wildman–Crippen MR) is 66.4 cm³/mol. The summed E-state index contributed by atoms with van der Waals surface area (Å²) in [5.41, 5.74) is 3.10. The van der Waals surface area contributed by atoms with E-state index in [0.29, 0.717) is 0 Å². The highest BCUT2D eigenvalue weighted by Gasteiger charge is 2.24. The minimum Gasteiger partial charge on any atom is -0.315 e. The summed E-state index contributed by atoms with van der Waals surface area (Å²) in [6.45, 7) is 4.79. The molecule has 2 heteroatoms. The average Bonchev–Trinajstić information content (AvgIpc) is 2.39. The molecule has 1 saturated heterocycles. The van der Waals surface area contributed by atoms with E-state index >= 15 is 0 Å². The number of benzene rings is 1. The van der Waals surface area contributed by atoms with Crippen LogP contribution in [-0.2, 0) is 13.0 Å². The smallest absolute Gasteiger partial charge is 0.0240 e. The maximum absolute atomic E-state index is 3.51. The predicted octanol–water partition coefficient (Wildman–Crippen LogP) is 1.80. The van der Waals surface area contributed by atoms with E-state index in [1.807, 2.05) is 0 Å². The molecule has 0 spiro atoms. The van der Waals surface area contributed by atoms with E-state index < -0.39 is 0 Å². The van der Waals surface area contributed by atoms with Crippen LogP contribution in [0.1, 0.15) is 24.0 Å². The van der Waals surface area contributed by atoms with Crippen molar-refractivity contribution in [2.45, 2.75) is 31.8 Å². The molecule has 2 aliphatic rings. The van der Waals surface area contributed by atoms with E-state index in [1.165, 1.54) is 38.9 Å². The van der Waals surface area contributed by atoms with Crippen LogP contribution in [0.2, 0.25) is 0 Å². The summed E-state index contributed by atoms with van der Waals surface area (Å²) in [7, 11) is 0. The lowest BCUT2D eigenvalue weighted by Gasteiger charge is -2.37. The molecule has 0 amide bonds. The van der Waals surface area contributed by atoms with Crippen molar-refractivity contribution in [2.75, 3.05) is 19.6 Å². The summed E-state index contributed by atoms with van der Waals surface area (Å²) in [5, 5.41) is 3.51. The Bertz CT molecular complexity index is 356. The van der Waals surface area contributed by atoms with E-state index in [0.717, 1.165) is 12.6 Å². The van der Waals surface area contributed by atoms with Gasteiger partial charge in [-0.15, -0.1) is 0 Å². The Morgan fingerprint density at radius 2 is 2.06 bits per heavy atom. The number of nitrogens with zero attached hydrogens (tertiary/aromatic N) is 1. The van der Waals surface area contributed by atoms with Gasteiger partial charge in [0.25, 0.3) is 0 Å². The van der Waals surface area contributed by atoms with Crippen LogP contribution >= 0.6 is 0 Å². The van der Waals surface area contributed by atoms with E-state index in [2.05, 4.69) is 34.5 Å². The molecule has 0 bridgehead atoms. The van der Waals surface area contributed by atoms with Crippen molar-refractivity contribution in [3.63, 3.8) is 0 Å². The molecule has 3 rings (SSSR count). The van der Waals surface area contributed by atoms with Crippen LogP contribution in [0.15, 0.2) is 24.3 Å². The quantitative estimate of drug-likeness (QED) is 0.770. The highest BCUT2D eigenvalue weighted by Crippen LogP contribution is 2.22. The number of nitrogens with one attached hydrogen (secondary N) is 1. The van der Waals surface area contributed by atoms with Crippen molar-refractivity contribution in [3.05, 3.63) is 35.4 Å². The first-order valence-electron chi connectivity index (χ1n) is 6.45. The molecule has 1 atom stereocenters. The van der Waals surface area contributed by atoms with Gasteiger partial charge in [-0.05, 0) is 36.9 Å². The van der Waals surface area contributed by atoms with Gasteiger partial charge in [-0.1, -0.05) is 24.3 Å². The first-order valence-corrected chi connectivity index (χ1v) is 6.45. The van der Waals surface area contributed by atoms with E-state index in [9.17, 15) is 0 Å². The lowest BCUT2D eigenvalue weighted by Crippen LogP contribution is -2.47. The molecule has 1 aromatic rings. The number of hydrogen-bond acceptors (Lipinski definition) is 2. The van der Waals surface area contributed by atoms with Crippen LogP contribution in [-0.4, -0.2) is 30.6 Å². The second-order valence-electron chi connectivity index (χ2n) is 4.99. The molecule has 0 radical (unpaired) electrons. The van der Waals surface area contributed by atoms with Crippen molar-refractivity contribution in [1.29, 1.82) is 0 Å². The van der Waals surface area contributed by atoms with Crippen molar-refractivity contribution >= 4 is 0 Å². The third-order valence-corrected chi connectivity index (χ3v) is 3.95. The molecule has 0 aromatic heterocycles.